The summed E-state index contributed by atoms with van der Waals surface area (Å²) in [5, 5.41) is 11.2. The molecule has 8 heteroatoms. The van der Waals surface area contributed by atoms with Crippen molar-refractivity contribution in [1.82, 2.24) is 9.80 Å². The van der Waals surface area contributed by atoms with Crippen LogP contribution in [0.5, 0.6) is 0 Å². The first kappa shape index (κ1) is 16.7. The average molecular weight is 330 g/mol. The topological polar surface area (TPSA) is 72.9 Å². The minimum atomic E-state index is -0.779. The van der Waals surface area contributed by atoms with Gasteiger partial charge in [0.25, 0.3) is 0 Å². The van der Waals surface area contributed by atoms with E-state index in [1.54, 1.807) is 0 Å². The lowest BCUT2D eigenvalue weighted by molar-refractivity contribution is -0.144. The van der Waals surface area contributed by atoms with E-state index in [1.165, 1.54) is 17.0 Å². The number of hydrogen-bond donors (Lipinski definition) is 2. The molecule has 1 fully saturated rings. The Morgan fingerprint density at radius 1 is 1.27 bits per heavy atom. The van der Waals surface area contributed by atoms with Crippen molar-refractivity contribution in [3.05, 3.63) is 29.0 Å². The molecule has 6 nitrogen and oxygen atoms in total. The Kier molecular flexibility index (Phi) is 5.70. The molecule has 0 atom stereocenters. The third-order valence-electron chi connectivity index (χ3n) is 3.45. The third kappa shape index (κ3) is 4.16. The Morgan fingerprint density at radius 3 is 2.55 bits per heavy atom. The highest BCUT2D eigenvalue weighted by Crippen LogP contribution is 2.19. The van der Waals surface area contributed by atoms with Crippen LogP contribution in [0.1, 0.15) is 0 Å². The number of aliphatic hydroxyl groups is 1. The fourth-order valence-electron chi connectivity index (χ4n) is 2.22. The summed E-state index contributed by atoms with van der Waals surface area (Å²) in [4.78, 5) is 27.4. The lowest BCUT2D eigenvalue weighted by atomic mass is 10.3. The zero-order chi connectivity index (χ0) is 16.1. The number of aliphatic hydroxyl groups excluding tert-OH is 1. The number of carbonyl (C=O) groups excluding carboxylic acids is 2. The van der Waals surface area contributed by atoms with Crippen molar-refractivity contribution in [2.24, 2.45) is 0 Å². The van der Waals surface area contributed by atoms with Crippen LogP contribution in [0, 0.1) is 5.82 Å². The van der Waals surface area contributed by atoms with Gasteiger partial charge < -0.3 is 15.3 Å². The summed E-state index contributed by atoms with van der Waals surface area (Å²) in [5.74, 6) is -2.01. The number of amides is 2. The molecule has 0 bridgehead atoms. The molecular weight excluding hydrogens is 313 g/mol. The summed E-state index contributed by atoms with van der Waals surface area (Å²) in [6, 6.07) is 3.71. The lowest BCUT2D eigenvalue weighted by Gasteiger charge is -2.33. The minimum Gasteiger partial charge on any atom is -0.395 e. The van der Waals surface area contributed by atoms with E-state index in [1.807, 2.05) is 4.90 Å². The second kappa shape index (κ2) is 7.53. The summed E-state index contributed by atoms with van der Waals surface area (Å²) in [7, 11) is 0. The second-order valence-corrected chi connectivity index (χ2v) is 5.35. The Balaban J connectivity index is 1.90. The molecule has 120 valence electrons. The van der Waals surface area contributed by atoms with Gasteiger partial charge in [-0.15, -0.1) is 0 Å². The van der Waals surface area contributed by atoms with Crippen LogP contribution in [0.2, 0.25) is 5.02 Å². The van der Waals surface area contributed by atoms with Crippen LogP contribution >= 0.6 is 11.6 Å². The molecule has 0 aliphatic carbocycles. The van der Waals surface area contributed by atoms with Crippen LogP contribution in [0.4, 0.5) is 10.1 Å². The molecule has 0 spiro atoms. The van der Waals surface area contributed by atoms with Crippen LogP contribution in [-0.2, 0) is 9.59 Å². The highest BCUT2D eigenvalue weighted by Gasteiger charge is 2.25. The third-order valence-corrected chi connectivity index (χ3v) is 3.74. The van der Waals surface area contributed by atoms with Crippen molar-refractivity contribution < 1.29 is 19.1 Å². The fourth-order valence-corrected chi connectivity index (χ4v) is 2.40. The first-order chi connectivity index (χ1) is 10.5. The Labute approximate surface area is 132 Å². The van der Waals surface area contributed by atoms with Crippen LogP contribution in [0.25, 0.3) is 0 Å². The molecule has 1 aliphatic heterocycles. The number of halogens is 2. The van der Waals surface area contributed by atoms with E-state index in [0.29, 0.717) is 32.7 Å². The molecule has 22 heavy (non-hydrogen) atoms. The molecule has 1 aromatic carbocycles. The van der Waals surface area contributed by atoms with E-state index >= 15 is 0 Å². The summed E-state index contributed by atoms with van der Waals surface area (Å²) in [5.41, 5.74) is 0.267. The van der Waals surface area contributed by atoms with Crippen molar-refractivity contribution in [2.45, 2.75) is 0 Å². The fraction of sp³-hybridized carbons (Fsp3) is 0.429. The number of rotatable bonds is 3. The van der Waals surface area contributed by atoms with Crippen LogP contribution in [-0.4, -0.2) is 66.1 Å². The Hall–Kier alpha value is -1.70. The number of benzene rings is 1. The van der Waals surface area contributed by atoms with Gasteiger partial charge in [-0.1, -0.05) is 11.6 Å². The van der Waals surface area contributed by atoms with Crippen LogP contribution in [0.3, 0.4) is 0 Å². The second-order valence-electron chi connectivity index (χ2n) is 4.94. The number of anilines is 1. The molecule has 0 radical (unpaired) electrons. The van der Waals surface area contributed by atoms with Gasteiger partial charge in [0.05, 0.1) is 11.6 Å². The Bertz CT molecular complexity index is 562. The van der Waals surface area contributed by atoms with Gasteiger partial charge in [-0.3, -0.25) is 14.5 Å². The van der Waals surface area contributed by atoms with Crippen molar-refractivity contribution in [2.75, 3.05) is 44.6 Å². The number of hydrogen-bond acceptors (Lipinski definition) is 4. The summed E-state index contributed by atoms with van der Waals surface area (Å²) < 4.78 is 13.0. The number of nitrogens with zero attached hydrogens (tertiary/aromatic N) is 2. The van der Waals surface area contributed by atoms with Gasteiger partial charge in [0.2, 0.25) is 0 Å². The van der Waals surface area contributed by atoms with Crippen molar-refractivity contribution >= 4 is 29.1 Å². The highest BCUT2D eigenvalue weighted by molar-refractivity contribution is 6.39. The predicted octanol–water partition coefficient (Wildman–Crippen LogP) is 0.554. The molecule has 0 aromatic heterocycles. The Morgan fingerprint density at radius 2 is 1.95 bits per heavy atom. The molecule has 0 unspecified atom stereocenters. The summed E-state index contributed by atoms with van der Waals surface area (Å²) in [6.07, 6.45) is 0. The quantitative estimate of drug-likeness (QED) is 0.795. The summed E-state index contributed by atoms with van der Waals surface area (Å²) >= 11 is 5.62. The molecule has 1 heterocycles. The monoisotopic (exact) mass is 329 g/mol. The van der Waals surface area contributed by atoms with Crippen LogP contribution < -0.4 is 5.32 Å². The van der Waals surface area contributed by atoms with E-state index in [9.17, 15) is 14.0 Å². The highest BCUT2D eigenvalue weighted by atomic mass is 35.5. The van der Waals surface area contributed by atoms with E-state index in [4.69, 9.17) is 16.7 Å². The first-order valence-electron chi connectivity index (χ1n) is 6.90. The standard InChI is InChI=1S/C14H17ClFN3O3/c15-11-9-10(1-2-12(11)16)17-13(21)14(22)19-5-3-18(4-6-19)7-8-20/h1-2,9,20H,3-8H2,(H,17,21). The van der Waals surface area contributed by atoms with E-state index in [-0.39, 0.29) is 17.3 Å². The van der Waals surface area contributed by atoms with E-state index in [2.05, 4.69) is 5.32 Å². The summed E-state index contributed by atoms with van der Waals surface area (Å²) in [6.45, 7) is 2.71. The number of β-amino-alcohol motifs (C(OH)–C–C–N with tert-alkyl or cyclic N) is 1. The number of nitrogens with one attached hydrogen (secondary N) is 1. The number of carbonyl (C=O) groups is 2. The van der Waals surface area contributed by atoms with Gasteiger partial charge >= 0.3 is 11.8 Å². The largest absolute Gasteiger partial charge is 0.395 e. The van der Waals surface area contributed by atoms with Gasteiger partial charge in [0, 0.05) is 38.4 Å². The molecule has 1 saturated heterocycles. The van der Waals surface area contributed by atoms with E-state index in [0.717, 1.165) is 6.07 Å². The SMILES string of the molecule is O=C(Nc1ccc(F)c(Cl)c1)C(=O)N1CCN(CCO)CC1. The van der Waals surface area contributed by atoms with Gasteiger partial charge in [-0.05, 0) is 18.2 Å². The molecule has 2 amide bonds. The molecule has 1 aromatic rings. The zero-order valence-electron chi connectivity index (χ0n) is 11.9. The van der Waals surface area contributed by atoms with Gasteiger partial charge in [0.1, 0.15) is 5.82 Å². The molecule has 2 rings (SSSR count). The van der Waals surface area contributed by atoms with Crippen molar-refractivity contribution in [3.8, 4) is 0 Å². The molecule has 2 N–H and O–H groups in total. The first-order valence-corrected chi connectivity index (χ1v) is 7.27. The average Bonchev–Trinajstić information content (AvgIpc) is 2.51. The minimum absolute atomic E-state index is 0.0692. The van der Waals surface area contributed by atoms with Gasteiger partial charge in [-0.25, -0.2) is 4.39 Å². The molecular formula is C14H17ClFN3O3. The molecule has 1 aliphatic rings. The van der Waals surface area contributed by atoms with Gasteiger partial charge in [0.15, 0.2) is 0 Å². The van der Waals surface area contributed by atoms with Crippen molar-refractivity contribution in [3.63, 3.8) is 0 Å². The molecule has 0 saturated carbocycles. The normalized spacial score (nSPS) is 15.7. The smallest absolute Gasteiger partial charge is 0.313 e. The maximum atomic E-state index is 13.0. The van der Waals surface area contributed by atoms with Crippen molar-refractivity contribution in [1.29, 1.82) is 0 Å². The van der Waals surface area contributed by atoms with Gasteiger partial charge in [-0.2, -0.15) is 0 Å². The lowest BCUT2D eigenvalue weighted by Crippen LogP contribution is -2.52. The maximum absolute atomic E-state index is 13.0. The zero-order valence-corrected chi connectivity index (χ0v) is 12.6. The van der Waals surface area contributed by atoms with E-state index < -0.39 is 17.6 Å². The van der Waals surface area contributed by atoms with Crippen LogP contribution in [0.15, 0.2) is 18.2 Å². The predicted molar refractivity (Wildman–Crippen MR) is 80.1 cm³/mol. The maximum Gasteiger partial charge on any atom is 0.313 e. The number of piperazine rings is 1.